The van der Waals surface area contributed by atoms with Crippen molar-refractivity contribution in [3.8, 4) is 5.75 Å². The number of amides is 2. The third-order valence-corrected chi connectivity index (χ3v) is 4.62. The van der Waals surface area contributed by atoms with Crippen LogP contribution in [0.15, 0.2) is 48.5 Å². The van der Waals surface area contributed by atoms with Gasteiger partial charge in [0.05, 0.1) is 18.7 Å². The highest BCUT2D eigenvalue weighted by atomic mass is 19.4. The maximum atomic E-state index is 12.6. The van der Waals surface area contributed by atoms with E-state index in [-0.39, 0.29) is 18.6 Å². The second-order valence-electron chi connectivity index (χ2n) is 6.99. The lowest BCUT2D eigenvalue weighted by molar-refractivity contribution is -0.137. The molecule has 2 aromatic rings. The van der Waals surface area contributed by atoms with E-state index in [1.165, 1.54) is 17.0 Å². The first-order chi connectivity index (χ1) is 13.6. The fraction of sp³-hybridized carbons (Fsp3) is 0.381. The van der Waals surface area contributed by atoms with Gasteiger partial charge in [0.25, 0.3) is 0 Å². The number of methoxy groups -OCH3 is 1. The molecule has 2 amide bonds. The first kappa shape index (κ1) is 22.5. The number of nitrogens with one attached hydrogen (secondary N) is 1. The average molecular weight is 409 g/mol. The van der Waals surface area contributed by atoms with Gasteiger partial charge in [-0.1, -0.05) is 24.3 Å². The van der Waals surface area contributed by atoms with Crippen LogP contribution in [0.3, 0.4) is 0 Å². The van der Waals surface area contributed by atoms with Crippen LogP contribution in [-0.4, -0.2) is 50.6 Å². The fourth-order valence-electron chi connectivity index (χ4n) is 2.89. The van der Waals surface area contributed by atoms with Crippen molar-refractivity contribution in [3.05, 3.63) is 65.2 Å². The van der Waals surface area contributed by atoms with Crippen LogP contribution in [0.5, 0.6) is 5.75 Å². The Hall–Kier alpha value is -2.74. The van der Waals surface area contributed by atoms with Crippen LogP contribution >= 0.6 is 0 Å². The zero-order valence-electron chi connectivity index (χ0n) is 17.0. The topological polar surface area (TPSA) is 44.8 Å². The monoisotopic (exact) mass is 409 g/mol. The lowest BCUT2D eigenvalue weighted by atomic mass is 10.1. The van der Waals surface area contributed by atoms with Crippen LogP contribution in [0.1, 0.15) is 22.7 Å². The molecule has 0 saturated carbocycles. The van der Waals surface area contributed by atoms with E-state index in [2.05, 4.69) is 5.32 Å². The van der Waals surface area contributed by atoms with E-state index >= 15 is 0 Å². The number of likely N-dealkylation sites (N-methyl/N-ethyl adjacent to an activating group) is 1. The highest BCUT2D eigenvalue weighted by Crippen LogP contribution is 2.29. The van der Waals surface area contributed by atoms with Crippen molar-refractivity contribution < 1.29 is 22.7 Å². The van der Waals surface area contributed by atoms with Crippen LogP contribution in [0, 0.1) is 0 Å². The number of halogens is 3. The van der Waals surface area contributed by atoms with Crippen molar-refractivity contribution in [3.63, 3.8) is 0 Å². The maximum Gasteiger partial charge on any atom is 0.416 e. The summed E-state index contributed by atoms with van der Waals surface area (Å²) in [4.78, 5) is 15.9. The molecule has 1 N–H and O–H groups in total. The first-order valence-electron chi connectivity index (χ1n) is 9.07. The number of carbonyl (C=O) groups excluding carboxylic acids is 1. The van der Waals surface area contributed by atoms with Gasteiger partial charge in [-0.25, -0.2) is 4.79 Å². The van der Waals surface area contributed by atoms with E-state index in [0.717, 1.165) is 23.4 Å². The van der Waals surface area contributed by atoms with Gasteiger partial charge >= 0.3 is 12.2 Å². The van der Waals surface area contributed by atoms with Crippen LogP contribution < -0.4 is 10.1 Å². The second kappa shape index (κ2) is 9.65. The molecule has 0 aliphatic carbocycles. The van der Waals surface area contributed by atoms with Gasteiger partial charge in [0.15, 0.2) is 0 Å². The average Bonchev–Trinajstić information content (AvgIpc) is 2.68. The fourth-order valence-corrected chi connectivity index (χ4v) is 2.89. The Morgan fingerprint density at radius 2 is 1.62 bits per heavy atom. The van der Waals surface area contributed by atoms with Gasteiger partial charge in [-0.15, -0.1) is 0 Å². The normalized spacial score (nSPS) is 12.6. The number of benzene rings is 2. The van der Waals surface area contributed by atoms with Gasteiger partial charge in [0.1, 0.15) is 5.75 Å². The van der Waals surface area contributed by atoms with E-state index < -0.39 is 11.7 Å². The van der Waals surface area contributed by atoms with Gasteiger partial charge in [0, 0.05) is 20.1 Å². The number of urea groups is 1. The van der Waals surface area contributed by atoms with Crippen molar-refractivity contribution in [1.29, 1.82) is 0 Å². The number of alkyl halides is 3. The summed E-state index contributed by atoms with van der Waals surface area (Å²) in [6.45, 7) is 0.592. The third kappa shape index (κ3) is 6.39. The van der Waals surface area contributed by atoms with Gasteiger partial charge in [-0.3, -0.25) is 0 Å². The summed E-state index contributed by atoms with van der Waals surface area (Å²) in [6.07, 6.45) is -4.37. The lowest BCUT2D eigenvalue weighted by Crippen LogP contribution is -2.41. The molecule has 0 aliphatic rings. The van der Waals surface area contributed by atoms with E-state index in [9.17, 15) is 18.0 Å². The number of nitrogens with zero attached hydrogens (tertiary/aromatic N) is 2. The van der Waals surface area contributed by atoms with E-state index in [1.54, 1.807) is 14.2 Å². The Bertz CT molecular complexity index is 790. The number of rotatable bonds is 7. The molecular formula is C21H26F3N3O2. The first-order valence-corrected chi connectivity index (χ1v) is 9.07. The van der Waals surface area contributed by atoms with E-state index in [0.29, 0.717) is 12.1 Å². The summed E-state index contributed by atoms with van der Waals surface area (Å²) in [5.41, 5.74) is 0.943. The Balaban J connectivity index is 1.95. The highest BCUT2D eigenvalue weighted by molar-refractivity contribution is 5.73. The van der Waals surface area contributed by atoms with Gasteiger partial charge < -0.3 is 19.9 Å². The Morgan fingerprint density at radius 1 is 1.03 bits per heavy atom. The maximum absolute atomic E-state index is 12.6. The third-order valence-electron chi connectivity index (χ3n) is 4.62. The molecule has 0 radical (unpaired) electrons. The second-order valence-corrected chi connectivity index (χ2v) is 6.99. The summed E-state index contributed by atoms with van der Waals surface area (Å²) >= 11 is 0. The van der Waals surface area contributed by atoms with Crippen LogP contribution in [0.25, 0.3) is 0 Å². The molecule has 0 fully saturated rings. The van der Waals surface area contributed by atoms with Crippen LogP contribution in [0.4, 0.5) is 18.0 Å². The predicted molar refractivity (Wildman–Crippen MR) is 106 cm³/mol. The summed E-state index contributed by atoms with van der Waals surface area (Å²) < 4.78 is 43.1. The standard InChI is InChI=1S/C21H26F3N3O2/c1-26(2)19(16-7-11-18(29-4)12-8-16)13-25-20(28)27(3)14-15-5-9-17(10-6-15)21(22,23)24/h5-12,19H,13-14H2,1-4H3,(H,25,28). The zero-order valence-corrected chi connectivity index (χ0v) is 17.0. The summed E-state index contributed by atoms with van der Waals surface area (Å²) in [7, 11) is 7.05. The molecule has 158 valence electrons. The molecule has 0 aromatic heterocycles. The lowest BCUT2D eigenvalue weighted by Gasteiger charge is -2.27. The van der Waals surface area contributed by atoms with Crippen LogP contribution in [0.2, 0.25) is 0 Å². The number of hydrogen-bond donors (Lipinski definition) is 1. The van der Waals surface area contributed by atoms with Crippen molar-refractivity contribution in [2.24, 2.45) is 0 Å². The van der Waals surface area contributed by atoms with Crippen LogP contribution in [-0.2, 0) is 12.7 Å². The molecule has 2 aromatic carbocycles. The van der Waals surface area contributed by atoms with Gasteiger partial charge in [0.2, 0.25) is 0 Å². The molecule has 5 nitrogen and oxygen atoms in total. The SMILES string of the molecule is COc1ccc(C(CNC(=O)N(C)Cc2ccc(C(F)(F)F)cc2)N(C)C)cc1. The molecule has 0 bridgehead atoms. The summed E-state index contributed by atoms with van der Waals surface area (Å²) in [5.74, 6) is 0.756. The smallest absolute Gasteiger partial charge is 0.416 e. The minimum Gasteiger partial charge on any atom is -0.497 e. The Labute approximate surface area is 169 Å². The van der Waals surface area contributed by atoms with Crippen molar-refractivity contribution in [1.82, 2.24) is 15.1 Å². The molecule has 0 aliphatic heterocycles. The number of carbonyl (C=O) groups is 1. The quantitative estimate of drug-likeness (QED) is 0.747. The molecule has 8 heteroatoms. The molecule has 0 saturated heterocycles. The molecule has 0 heterocycles. The summed E-state index contributed by atoms with van der Waals surface area (Å²) in [6, 6.07) is 12.1. The minimum atomic E-state index is -4.37. The van der Waals surface area contributed by atoms with Crippen molar-refractivity contribution in [2.75, 3.05) is 34.8 Å². The van der Waals surface area contributed by atoms with E-state index in [4.69, 9.17) is 4.74 Å². The van der Waals surface area contributed by atoms with Crippen molar-refractivity contribution >= 4 is 6.03 Å². The Morgan fingerprint density at radius 3 is 2.10 bits per heavy atom. The molecular weight excluding hydrogens is 383 g/mol. The molecule has 0 spiro atoms. The largest absolute Gasteiger partial charge is 0.497 e. The summed E-state index contributed by atoms with van der Waals surface area (Å²) in [5, 5.41) is 2.88. The predicted octanol–water partition coefficient (Wildman–Crippen LogP) is 4.16. The highest BCUT2D eigenvalue weighted by Gasteiger charge is 2.30. The molecule has 2 rings (SSSR count). The van der Waals surface area contributed by atoms with Gasteiger partial charge in [-0.2, -0.15) is 13.2 Å². The number of hydrogen-bond acceptors (Lipinski definition) is 3. The zero-order chi connectivity index (χ0) is 21.6. The van der Waals surface area contributed by atoms with Crippen molar-refractivity contribution in [2.45, 2.75) is 18.8 Å². The molecule has 1 unspecified atom stereocenters. The minimum absolute atomic E-state index is 0.0377. The Kier molecular flexibility index (Phi) is 7.50. The molecule has 29 heavy (non-hydrogen) atoms. The molecule has 1 atom stereocenters. The van der Waals surface area contributed by atoms with Gasteiger partial charge in [-0.05, 0) is 49.5 Å². The van der Waals surface area contributed by atoms with E-state index in [1.807, 2.05) is 43.3 Å². The number of ether oxygens (including phenoxy) is 1.